The number of aliphatic hydroxyl groups excluding tert-OH is 1. The average molecular weight is 346 g/mol. The number of hydrogen-bond donors (Lipinski definition) is 2. The second-order valence-electron chi connectivity index (χ2n) is 9.54. The highest BCUT2D eigenvalue weighted by atomic mass is 16.3. The lowest BCUT2D eigenvalue weighted by Crippen LogP contribution is -2.60. The second-order valence-corrected chi connectivity index (χ2v) is 9.54. The molecule has 25 heavy (non-hydrogen) atoms. The molecule has 7 atom stereocenters. The van der Waals surface area contributed by atoms with Crippen molar-refractivity contribution in [2.45, 2.75) is 77.4 Å². The first-order chi connectivity index (χ1) is 11.6. The molecule has 0 amide bonds. The molecule has 0 bridgehead atoms. The molecule has 0 saturated heterocycles. The van der Waals surface area contributed by atoms with E-state index in [1.807, 2.05) is 6.92 Å². The maximum atomic E-state index is 13.3. The van der Waals surface area contributed by atoms with Gasteiger partial charge in [-0.2, -0.15) is 0 Å². The number of carbonyl (C=O) groups is 2. The summed E-state index contributed by atoms with van der Waals surface area (Å²) in [5.74, 6) is 0.430. The average Bonchev–Trinajstić information content (AvgIpc) is 2.80. The van der Waals surface area contributed by atoms with Gasteiger partial charge in [-0.05, 0) is 62.7 Å². The summed E-state index contributed by atoms with van der Waals surface area (Å²) in [5.41, 5.74) is -0.888. The van der Waals surface area contributed by atoms with Gasteiger partial charge in [0.2, 0.25) is 0 Å². The molecule has 0 radical (unpaired) electrons. The Morgan fingerprint density at radius 1 is 1.24 bits per heavy atom. The lowest BCUT2D eigenvalue weighted by atomic mass is 9.46. The molecule has 0 aliphatic heterocycles. The van der Waals surface area contributed by atoms with Crippen molar-refractivity contribution in [2.24, 2.45) is 28.6 Å². The van der Waals surface area contributed by atoms with Crippen molar-refractivity contribution in [3.8, 4) is 0 Å². The van der Waals surface area contributed by atoms with Crippen LogP contribution in [0.15, 0.2) is 11.6 Å². The highest BCUT2D eigenvalue weighted by molar-refractivity contribution is 5.90. The van der Waals surface area contributed by atoms with Gasteiger partial charge in [-0.15, -0.1) is 0 Å². The van der Waals surface area contributed by atoms with Crippen LogP contribution in [0.3, 0.4) is 0 Å². The third kappa shape index (κ3) is 2.07. The number of ketones is 2. The molecule has 4 heteroatoms. The van der Waals surface area contributed by atoms with E-state index in [4.69, 9.17) is 0 Å². The van der Waals surface area contributed by atoms with Crippen LogP contribution in [0.1, 0.15) is 65.7 Å². The van der Waals surface area contributed by atoms with E-state index in [0.29, 0.717) is 19.3 Å². The van der Waals surface area contributed by atoms with Gasteiger partial charge in [0.05, 0.1) is 6.10 Å². The number of fused-ring (bicyclic) bond motifs is 5. The monoisotopic (exact) mass is 346 g/mol. The van der Waals surface area contributed by atoms with Gasteiger partial charge in [0.15, 0.2) is 5.78 Å². The quantitative estimate of drug-likeness (QED) is 0.716. The summed E-state index contributed by atoms with van der Waals surface area (Å²) < 4.78 is 0. The Kier molecular flexibility index (Phi) is 3.66. The van der Waals surface area contributed by atoms with Crippen LogP contribution >= 0.6 is 0 Å². The standard InChI is InChI=1S/C21H30O4/c1-12(22)21(25)9-7-16-15-5-4-13-10-14(23)6-8-19(13,2)18(15)17(24)11-20(16,21)3/h4,14-16,18,23,25H,5-11H2,1-3H3. The lowest BCUT2D eigenvalue weighted by Gasteiger charge is -2.57. The minimum atomic E-state index is -1.36. The molecule has 4 aliphatic rings. The molecule has 7 unspecified atom stereocenters. The zero-order valence-corrected chi connectivity index (χ0v) is 15.5. The molecule has 138 valence electrons. The number of aliphatic hydroxyl groups is 2. The van der Waals surface area contributed by atoms with Gasteiger partial charge < -0.3 is 10.2 Å². The van der Waals surface area contributed by atoms with E-state index < -0.39 is 11.0 Å². The Morgan fingerprint density at radius 3 is 2.64 bits per heavy atom. The minimum Gasteiger partial charge on any atom is -0.393 e. The first-order valence-electron chi connectivity index (χ1n) is 9.77. The molecule has 0 heterocycles. The molecule has 2 N–H and O–H groups in total. The summed E-state index contributed by atoms with van der Waals surface area (Å²) in [4.78, 5) is 25.5. The largest absolute Gasteiger partial charge is 0.393 e. The van der Waals surface area contributed by atoms with Crippen LogP contribution in [0.2, 0.25) is 0 Å². The van der Waals surface area contributed by atoms with Crippen LogP contribution in [-0.4, -0.2) is 33.5 Å². The van der Waals surface area contributed by atoms with E-state index in [2.05, 4.69) is 13.0 Å². The molecule has 4 rings (SSSR count). The third-order valence-electron chi connectivity index (χ3n) is 8.50. The lowest BCUT2D eigenvalue weighted by molar-refractivity contribution is -0.166. The number of Topliss-reactive ketones (excluding diaryl/α,β-unsaturated/α-hetero) is 2. The number of rotatable bonds is 1. The molecular weight excluding hydrogens is 316 g/mol. The Morgan fingerprint density at radius 2 is 1.96 bits per heavy atom. The summed E-state index contributed by atoms with van der Waals surface area (Å²) in [5, 5.41) is 21.2. The topological polar surface area (TPSA) is 74.6 Å². The zero-order chi connectivity index (χ0) is 18.2. The molecule has 0 spiro atoms. The Hall–Kier alpha value is -1.00. The smallest absolute Gasteiger partial charge is 0.161 e. The highest BCUT2D eigenvalue weighted by Crippen LogP contribution is 2.66. The summed E-state index contributed by atoms with van der Waals surface area (Å²) in [6.07, 6.45) is 6.71. The molecule has 0 aromatic carbocycles. The Balaban J connectivity index is 1.76. The molecular formula is C21H30O4. The van der Waals surface area contributed by atoms with Crippen molar-refractivity contribution in [2.75, 3.05) is 0 Å². The fourth-order valence-electron chi connectivity index (χ4n) is 7.05. The summed E-state index contributed by atoms with van der Waals surface area (Å²) in [6.45, 7) is 5.63. The van der Waals surface area contributed by atoms with Gasteiger partial charge in [-0.3, -0.25) is 9.59 Å². The third-order valence-corrected chi connectivity index (χ3v) is 8.50. The van der Waals surface area contributed by atoms with Gasteiger partial charge in [0.25, 0.3) is 0 Å². The van der Waals surface area contributed by atoms with Crippen LogP contribution < -0.4 is 0 Å². The van der Waals surface area contributed by atoms with Crippen LogP contribution in [0.25, 0.3) is 0 Å². The predicted octanol–water partition coefficient (Wildman–Crippen LogP) is 2.81. The van der Waals surface area contributed by atoms with Crippen molar-refractivity contribution in [1.29, 1.82) is 0 Å². The van der Waals surface area contributed by atoms with Crippen molar-refractivity contribution in [3.05, 3.63) is 11.6 Å². The van der Waals surface area contributed by atoms with Gasteiger partial charge in [0.1, 0.15) is 11.4 Å². The minimum absolute atomic E-state index is 0.0209. The Bertz CT molecular complexity index is 667. The SMILES string of the molecule is CC(=O)C1(O)CCC2C3CC=C4CC(O)CCC4(C)C3C(=O)CC21C. The first-order valence-corrected chi connectivity index (χ1v) is 9.77. The van der Waals surface area contributed by atoms with Gasteiger partial charge in [0, 0.05) is 17.8 Å². The molecule has 4 aliphatic carbocycles. The fourth-order valence-corrected chi connectivity index (χ4v) is 7.05. The van der Waals surface area contributed by atoms with E-state index in [0.717, 1.165) is 25.7 Å². The molecule has 0 aromatic heterocycles. The van der Waals surface area contributed by atoms with Crippen LogP contribution in [0.4, 0.5) is 0 Å². The summed E-state index contributed by atoms with van der Waals surface area (Å²) in [7, 11) is 0. The van der Waals surface area contributed by atoms with E-state index in [-0.39, 0.29) is 40.8 Å². The second kappa shape index (κ2) is 5.26. The number of carbonyl (C=O) groups excluding carboxylic acids is 2. The van der Waals surface area contributed by atoms with E-state index in [9.17, 15) is 19.8 Å². The Labute approximate surface area is 149 Å². The summed E-state index contributed by atoms with van der Waals surface area (Å²) >= 11 is 0. The van der Waals surface area contributed by atoms with Gasteiger partial charge >= 0.3 is 0 Å². The van der Waals surface area contributed by atoms with Crippen molar-refractivity contribution in [1.82, 2.24) is 0 Å². The molecule has 4 nitrogen and oxygen atoms in total. The van der Waals surface area contributed by atoms with E-state index in [1.54, 1.807) is 0 Å². The zero-order valence-electron chi connectivity index (χ0n) is 15.5. The number of hydrogen-bond acceptors (Lipinski definition) is 4. The maximum absolute atomic E-state index is 13.3. The van der Waals surface area contributed by atoms with Crippen LogP contribution in [0, 0.1) is 28.6 Å². The first kappa shape index (κ1) is 17.4. The molecule has 3 fully saturated rings. The maximum Gasteiger partial charge on any atom is 0.161 e. The van der Waals surface area contributed by atoms with Crippen LogP contribution in [0.5, 0.6) is 0 Å². The van der Waals surface area contributed by atoms with Crippen LogP contribution in [-0.2, 0) is 9.59 Å². The normalized spacial score (nSPS) is 52.0. The van der Waals surface area contributed by atoms with Gasteiger partial charge in [-0.25, -0.2) is 0 Å². The summed E-state index contributed by atoms with van der Waals surface area (Å²) in [6, 6.07) is 0. The van der Waals surface area contributed by atoms with Crippen molar-refractivity contribution in [3.63, 3.8) is 0 Å². The van der Waals surface area contributed by atoms with Crippen molar-refractivity contribution >= 4 is 11.6 Å². The highest BCUT2D eigenvalue weighted by Gasteiger charge is 2.67. The van der Waals surface area contributed by atoms with Gasteiger partial charge in [-0.1, -0.05) is 25.5 Å². The predicted molar refractivity (Wildman–Crippen MR) is 93.7 cm³/mol. The fraction of sp³-hybridized carbons (Fsp3) is 0.810. The van der Waals surface area contributed by atoms with E-state index in [1.165, 1.54) is 12.5 Å². The van der Waals surface area contributed by atoms with Crippen molar-refractivity contribution < 1.29 is 19.8 Å². The molecule has 3 saturated carbocycles. The van der Waals surface area contributed by atoms with E-state index >= 15 is 0 Å². The number of allylic oxidation sites excluding steroid dienone is 1. The molecule has 0 aromatic rings.